The molecule has 2 unspecified atom stereocenters. The number of carbonyl (C=O) groups is 2. The quantitative estimate of drug-likeness (QED) is 0.0207. The van der Waals surface area contributed by atoms with E-state index in [0.29, 0.717) is 85.2 Å². The number of amides is 2. The number of nitrogens with one attached hydrogen (secondary N) is 2. The van der Waals surface area contributed by atoms with Gasteiger partial charge in [-0.3, -0.25) is 9.59 Å². The van der Waals surface area contributed by atoms with E-state index in [2.05, 4.69) is 36.9 Å². The van der Waals surface area contributed by atoms with Crippen LogP contribution in [0.4, 0.5) is 11.4 Å². The summed E-state index contributed by atoms with van der Waals surface area (Å²) in [4.78, 5) is 25.0. The van der Waals surface area contributed by atoms with Crippen LogP contribution in [0.5, 0.6) is 23.0 Å². The number of anilines is 2. The summed E-state index contributed by atoms with van der Waals surface area (Å²) in [5.41, 5.74) is 29.2. The van der Waals surface area contributed by atoms with Gasteiger partial charge in [-0.2, -0.15) is 0 Å². The Labute approximate surface area is 378 Å². The molecule has 62 heavy (non-hydrogen) atoms. The minimum Gasteiger partial charge on any atom is -0.508 e. The van der Waals surface area contributed by atoms with Gasteiger partial charge in [0, 0.05) is 11.1 Å². The number of phenolic OH excluding ortho intramolecular Hbond substituents is 4. The Hall–Kier alpha value is -5.60. The summed E-state index contributed by atoms with van der Waals surface area (Å²) in [5, 5.41) is 47.4. The standard InChI is InChI=1S/2C24H31N3O3.2ClH/c2*1-3-7-16-13-19(17-10-11-22(28)18(15-17)8-4-2)23(29)21(14-16)27-24(30)20(26)9-5-6-12-25;;/h2*3-4,10-11,13-15,20,28-29H,1-2,5-9,12,25-26H2,(H,27,30);2*1H. The fourth-order valence-corrected chi connectivity index (χ4v) is 6.46. The number of carbonyl (C=O) groups excluding carboxylic acids is 2. The molecule has 0 spiro atoms. The van der Waals surface area contributed by atoms with Crippen molar-refractivity contribution in [2.45, 2.75) is 76.3 Å². The van der Waals surface area contributed by atoms with Gasteiger partial charge in [-0.25, -0.2) is 0 Å². The molecule has 0 heterocycles. The average Bonchev–Trinajstić information content (AvgIpc) is 3.22. The fraction of sp³-hybridized carbons (Fsp3) is 0.292. The number of aromatic hydroxyl groups is 4. The summed E-state index contributed by atoms with van der Waals surface area (Å²) in [6, 6.07) is 16.0. The summed E-state index contributed by atoms with van der Waals surface area (Å²) in [5.74, 6) is -0.500. The summed E-state index contributed by atoms with van der Waals surface area (Å²) in [7, 11) is 0. The highest BCUT2D eigenvalue weighted by atomic mass is 35.5. The Balaban J connectivity index is 0.000000601. The van der Waals surface area contributed by atoms with Gasteiger partial charge in [-0.05, 0) is 146 Å². The number of nitrogens with two attached hydrogens (primary N) is 4. The van der Waals surface area contributed by atoms with Gasteiger partial charge in [-0.15, -0.1) is 51.1 Å². The van der Waals surface area contributed by atoms with Crippen molar-refractivity contribution >= 4 is 48.0 Å². The number of allylic oxidation sites excluding steroid dienone is 4. The molecule has 14 N–H and O–H groups in total. The molecule has 2 atom stereocenters. The van der Waals surface area contributed by atoms with Gasteiger partial charge in [0.25, 0.3) is 0 Å². The van der Waals surface area contributed by atoms with Crippen molar-refractivity contribution in [1.29, 1.82) is 0 Å². The van der Waals surface area contributed by atoms with Crippen LogP contribution >= 0.6 is 24.8 Å². The monoisotopic (exact) mass is 890 g/mol. The number of phenols is 4. The summed E-state index contributed by atoms with van der Waals surface area (Å²) >= 11 is 0. The molecule has 14 heteroatoms. The third kappa shape index (κ3) is 16.0. The molecule has 0 bridgehead atoms. The van der Waals surface area contributed by atoms with Crippen molar-refractivity contribution in [2.24, 2.45) is 22.9 Å². The predicted molar refractivity (Wildman–Crippen MR) is 260 cm³/mol. The van der Waals surface area contributed by atoms with Crippen LogP contribution in [-0.4, -0.2) is 57.4 Å². The van der Waals surface area contributed by atoms with E-state index in [0.717, 1.165) is 47.9 Å². The maximum absolute atomic E-state index is 12.5. The van der Waals surface area contributed by atoms with Gasteiger partial charge in [0.2, 0.25) is 11.8 Å². The van der Waals surface area contributed by atoms with Gasteiger partial charge in [0.1, 0.15) is 23.0 Å². The molecule has 336 valence electrons. The van der Waals surface area contributed by atoms with E-state index < -0.39 is 12.1 Å². The molecule has 0 saturated carbocycles. The average molecular weight is 892 g/mol. The molecule has 4 rings (SSSR count). The second-order valence-corrected chi connectivity index (χ2v) is 14.5. The van der Waals surface area contributed by atoms with Gasteiger partial charge < -0.3 is 54.0 Å². The molecular weight excluding hydrogens is 827 g/mol. The second-order valence-electron chi connectivity index (χ2n) is 14.5. The minimum absolute atomic E-state index is 0. The molecule has 12 nitrogen and oxygen atoms in total. The maximum Gasteiger partial charge on any atom is 0.241 e. The number of halogens is 2. The van der Waals surface area contributed by atoms with Crippen LogP contribution < -0.4 is 33.6 Å². The van der Waals surface area contributed by atoms with Crippen molar-refractivity contribution in [1.82, 2.24) is 0 Å². The lowest BCUT2D eigenvalue weighted by atomic mass is 9.96. The molecule has 2 amide bonds. The zero-order valence-corrected chi connectivity index (χ0v) is 36.9. The van der Waals surface area contributed by atoms with Gasteiger partial charge in [0.15, 0.2) is 0 Å². The molecule has 0 fully saturated rings. The van der Waals surface area contributed by atoms with E-state index >= 15 is 0 Å². The Kier molecular flexibility index (Phi) is 24.7. The smallest absolute Gasteiger partial charge is 0.241 e. The number of benzene rings is 4. The molecule has 4 aromatic rings. The fourth-order valence-electron chi connectivity index (χ4n) is 6.46. The molecule has 0 aliphatic rings. The molecule has 0 aromatic heterocycles. The number of hydrogen-bond donors (Lipinski definition) is 10. The molecule has 0 radical (unpaired) electrons. The highest BCUT2D eigenvalue weighted by molar-refractivity contribution is 5.98. The van der Waals surface area contributed by atoms with Crippen LogP contribution in [0.15, 0.2) is 111 Å². The zero-order chi connectivity index (χ0) is 44.2. The first-order valence-electron chi connectivity index (χ1n) is 20.1. The van der Waals surface area contributed by atoms with Crippen LogP contribution in [0, 0.1) is 0 Å². The second kappa shape index (κ2) is 28.1. The topological polar surface area (TPSA) is 243 Å². The maximum atomic E-state index is 12.5. The van der Waals surface area contributed by atoms with E-state index in [1.54, 1.807) is 72.8 Å². The van der Waals surface area contributed by atoms with Gasteiger partial charge in [-0.1, -0.05) is 49.3 Å². The number of unbranched alkanes of at least 4 members (excludes halogenated alkanes) is 2. The van der Waals surface area contributed by atoms with Crippen LogP contribution in [0.2, 0.25) is 0 Å². The molecule has 0 saturated heterocycles. The number of rotatable bonds is 22. The number of hydrogen-bond acceptors (Lipinski definition) is 10. The van der Waals surface area contributed by atoms with Crippen molar-refractivity contribution in [3.05, 3.63) is 134 Å². The molecule has 0 aliphatic carbocycles. The SMILES string of the molecule is C=CCc1cc(NC(=O)C(N)CCCCN)c(O)c(-c2ccc(O)c(CC=C)c2)c1.C=CCc1cc(NC(=O)C(N)CCCCN)c(O)c(-c2ccc(O)c(CC=C)c2)c1.Cl.Cl. The Morgan fingerprint density at radius 2 is 0.903 bits per heavy atom. The summed E-state index contributed by atoms with van der Waals surface area (Å²) < 4.78 is 0. The van der Waals surface area contributed by atoms with Crippen LogP contribution in [0.25, 0.3) is 22.3 Å². The lowest BCUT2D eigenvalue weighted by Crippen LogP contribution is -2.35. The lowest BCUT2D eigenvalue weighted by molar-refractivity contribution is -0.118. The normalized spacial score (nSPS) is 11.3. The van der Waals surface area contributed by atoms with E-state index in [1.807, 2.05) is 12.1 Å². The first kappa shape index (κ1) is 54.4. The van der Waals surface area contributed by atoms with E-state index in [9.17, 15) is 30.0 Å². The van der Waals surface area contributed by atoms with E-state index in [1.165, 1.54) is 0 Å². The van der Waals surface area contributed by atoms with Gasteiger partial charge in [0.05, 0.1) is 23.5 Å². The predicted octanol–water partition coefficient (Wildman–Crippen LogP) is 8.08. The highest BCUT2D eigenvalue weighted by Crippen LogP contribution is 2.40. The van der Waals surface area contributed by atoms with Crippen LogP contribution in [0.1, 0.15) is 60.8 Å². The largest absolute Gasteiger partial charge is 0.508 e. The first-order valence-corrected chi connectivity index (χ1v) is 20.1. The van der Waals surface area contributed by atoms with E-state index in [-0.39, 0.29) is 59.6 Å². The minimum atomic E-state index is -0.685. The zero-order valence-electron chi connectivity index (χ0n) is 35.3. The van der Waals surface area contributed by atoms with Crippen molar-refractivity contribution in [3.63, 3.8) is 0 Å². The Morgan fingerprint density at radius 1 is 0.548 bits per heavy atom. The third-order valence-corrected chi connectivity index (χ3v) is 9.74. The highest BCUT2D eigenvalue weighted by Gasteiger charge is 2.20. The van der Waals surface area contributed by atoms with Crippen molar-refractivity contribution in [2.75, 3.05) is 23.7 Å². The molecule has 4 aromatic carbocycles. The first-order chi connectivity index (χ1) is 28.8. The molecular formula is C48H64Cl2N6O6. The van der Waals surface area contributed by atoms with Gasteiger partial charge >= 0.3 is 0 Å². The van der Waals surface area contributed by atoms with Crippen molar-refractivity contribution < 1.29 is 30.0 Å². The Morgan fingerprint density at radius 3 is 1.23 bits per heavy atom. The van der Waals surface area contributed by atoms with Crippen LogP contribution in [-0.2, 0) is 35.3 Å². The van der Waals surface area contributed by atoms with Crippen molar-refractivity contribution in [3.8, 4) is 45.3 Å². The summed E-state index contributed by atoms with van der Waals surface area (Å²) in [6.07, 6.45) is 13.2. The third-order valence-electron chi connectivity index (χ3n) is 9.74. The lowest BCUT2D eigenvalue weighted by Gasteiger charge is -2.17. The summed E-state index contributed by atoms with van der Waals surface area (Å²) in [6.45, 7) is 16.1. The van der Waals surface area contributed by atoms with E-state index in [4.69, 9.17) is 22.9 Å². The van der Waals surface area contributed by atoms with Crippen LogP contribution in [0.3, 0.4) is 0 Å². The Bertz CT molecular complexity index is 1980. The molecule has 0 aliphatic heterocycles.